The Balaban J connectivity index is 1.61. The largest absolute Gasteiger partial charge is 0.347 e. The number of aldehydes is 1. The molecule has 1 aliphatic heterocycles. The molecule has 24 heavy (non-hydrogen) atoms. The molecule has 6 nitrogen and oxygen atoms in total. The third kappa shape index (κ3) is 2.40. The number of hydrogen-bond acceptors (Lipinski definition) is 3. The minimum absolute atomic E-state index is 0.0138. The summed E-state index contributed by atoms with van der Waals surface area (Å²) in [6.45, 7) is 0.968. The van der Waals surface area contributed by atoms with E-state index in [1.165, 1.54) is 0 Å². The Kier molecular flexibility index (Phi) is 3.65. The highest BCUT2D eigenvalue weighted by atomic mass is 16.2. The number of amides is 1. The van der Waals surface area contributed by atoms with Crippen molar-refractivity contribution in [3.63, 3.8) is 0 Å². The van der Waals surface area contributed by atoms with Gasteiger partial charge in [-0.3, -0.25) is 9.59 Å². The summed E-state index contributed by atoms with van der Waals surface area (Å²) >= 11 is 0. The lowest BCUT2D eigenvalue weighted by atomic mass is 10.2. The molecule has 0 bridgehead atoms. The summed E-state index contributed by atoms with van der Waals surface area (Å²) in [6, 6.07) is 7.67. The van der Waals surface area contributed by atoms with Crippen molar-refractivity contribution in [1.82, 2.24) is 19.4 Å². The number of H-pyrrole nitrogens is 1. The van der Waals surface area contributed by atoms with Gasteiger partial charge >= 0.3 is 0 Å². The van der Waals surface area contributed by atoms with Gasteiger partial charge in [0.25, 0.3) is 0 Å². The van der Waals surface area contributed by atoms with Crippen LogP contribution in [0.3, 0.4) is 0 Å². The van der Waals surface area contributed by atoms with Crippen molar-refractivity contribution in [1.29, 1.82) is 0 Å². The van der Waals surface area contributed by atoms with Crippen LogP contribution in [-0.2, 0) is 11.3 Å². The van der Waals surface area contributed by atoms with Gasteiger partial charge in [-0.25, -0.2) is 4.98 Å². The minimum atomic E-state index is 0.0138. The van der Waals surface area contributed by atoms with Crippen LogP contribution < -0.4 is 0 Å². The number of benzene rings is 1. The first kappa shape index (κ1) is 14.7. The number of carbonyl (C=O) groups is 2. The highest BCUT2D eigenvalue weighted by molar-refractivity contribution is 5.98. The number of hydrogen-bond donors (Lipinski definition) is 1. The molecule has 0 radical (unpaired) electrons. The first-order chi connectivity index (χ1) is 11.8. The van der Waals surface area contributed by atoms with Crippen molar-refractivity contribution in [2.45, 2.75) is 25.4 Å². The minimum Gasteiger partial charge on any atom is -0.347 e. The molecule has 0 saturated carbocycles. The molecule has 1 atom stereocenters. The zero-order chi connectivity index (χ0) is 16.5. The van der Waals surface area contributed by atoms with E-state index in [0.717, 1.165) is 42.4 Å². The second-order valence-corrected chi connectivity index (χ2v) is 6.07. The summed E-state index contributed by atoms with van der Waals surface area (Å²) in [5.41, 5.74) is 1.52. The molecule has 1 saturated heterocycles. The van der Waals surface area contributed by atoms with Crippen LogP contribution in [-0.4, -0.2) is 38.2 Å². The molecule has 1 aromatic carbocycles. The molecular formula is C18H18N4O2. The Hall–Kier alpha value is -2.89. The smallest absolute Gasteiger partial charge is 0.243 e. The van der Waals surface area contributed by atoms with Crippen molar-refractivity contribution in [2.75, 3.05) is 6.54 Å². The second kappa shape index (κ2) is 5.96. The van der Waals surface area contributed by atoms with Crippen LogP contribution >= 0.6 is 0 Å². The number of likely N-dealkylation sites (tertiary alicyclic amines) is 1. The molecule has 1 fully saturated rings. The van der Waals surface area contributed by atoms with Gasteiger partial charge in [0.2, 0.25) is 5.91 Å². The molecule has 3 aromatic rings. The molecular weight excluding hydrogens is 304 g/mol. The van der Waals surface area contributed by atoms with Gasteiger partial charge in [0, 0.05) is 41.6 Å². The quantitative estimate of drug-likeness (QED) is 0.750. The number of rotatable bonds is 4. The zero-order valence-corrected chi connectivity index (χ0v) is 13.2. The first-order valence-corrected chi connectivity index (χ1v) is 8.09. The SMILES string of the molecule is O=Cc1cn(CC(=O)N2CCCC2c2ncc[nH]2)c2ccccc12. The number of imidazole rings is 1. The monoisotopic (exact) mass is 322 g/mol. The summed E-state index contributed by atoms with van der Waals surface area (Å²) in [4.78, 5) is 33.4. The Bertz CT molecular complexity index is 882. The van der Waals surface area contributed by atoms with E-state index in [-0.39, 0.29) is 18.5 Å². The van der Waals surface area contributed by atoms with Gasteiger partial charge < -0.3 is 14.5 Å². The third-order valence-corrected chi connectivity index (χ3v) is 4.66. The standard InChI is InChI=1S/C18H18N4O2/c23-12-13-10-21(15-5-2-1-4-14(13)15)11-17(24)22-9-3-6-16(22)18-19-7-8-20-18/h1-2,4-5,7-8,10,12,16H,3,6,9,11H2,(H,19,20). The molecule has 4 rings (SSSR count). The fourth-order valence-corrected chi connectivity index (χ4v) is 3.55. The van der Waals surface area contributed by atoms with Crippen LogP contribution in [0, 0.1) is 0 Å². The molecule has 3 heterocycles. The van der Waals surface area contributed by atoms with E-state index in [9.17, 15) is 9.59 Å². The van der Waals surface area contributed by atoms with Crippen LogP contribution in [0.1, 0.15) is 35.1 Å². The Morgan fingerprint density at radius 3 is 3.04 bits per heavy atom. The van der Waals surface area contributed by atoms with Crippen molar-refractivity contribution in [3.8, 4) is 0 Å². The summed E-state index contributed by atoms with van der Waals surface area (Å²) < 4.78 is 1.86. The molecule has 1 aliphatic rings. The number of nitrogens with zero attached hydrogens (tertiary/aromatic N) is 3. The number of nitrogens with one attached hydrogen (secondary N) is 1. The molecule has 1 N–H and O–H groups in total. The van der Waals surface area contributed by atoms with Crippen molar-refractivity contribution in [2.24, 2.45) is 0 Å². The zero-order valence-electron chi connectivity index (χ0n) is 13.2. The van der Waals surface area contributed by atoms with E-state index in [0.29, 0.717) is 5.56 Å². The predicted octanol–water partition coefficient (Wildman–Crippen LogP) is 2.54. The summed E-state index contributed by atoms with van der Waals surface area (Å²) in [6.07, 6.45) is 7.99. The maximum Gasteiger partial charge on any atom is 0.243 e. The lowest BCUT2D eigenvalue weighted by Crippen LogP contribution is -2.33. The van der Waals surface area contributed by atoms with Crippen LogP contribution in [0.15, 0.2) is 42.9 Å². The van der Waals surface area contributed by atoms with Crippen LogP contribution in [0.4, 0.5) is 0 Å². The number of aromatic amines is 1. The predicted molar refractivity (Wildman–Crippen MR) is 89.6 cm³/mol. The van der Waals surface area contributed by atoms with Crippen molar-refractivity contribution >= 4 is 23.1 Å². The molecule has 122 valence electrons. The van der Waals surface area contributed by atoms with E-state index in [4.69, 9.17) is 0 Å². The average molecular weight is 322 g/mol. The summed E-state index contributed by atoms with van der Waals surface area (Å²) in [5, 5.41) is 0.879. The van der Waals surface area contributed by atoms with Gasteiger partial charge in [-0.1, -0.05) is 18.2 Å². The van der Waals surface area contributed by atoms with E-state index >= 15 is 0 Å². The normalized spacial score (nSPS) is 17.5. The lowest BCUT2D eigenvalue weighted by molar-refractivity contribution is -0.132. The molecule has 0 spiro atoms. The van der Waals surface area contributed by atoms with Gasteiger partial charge in [-0.15, -0.1) is 0 Å². The highest BCUT2D eigenvalue weighted by Crippen LogP contribution is 2.30. The van der Waals surface area contributed by atoms with Gasteiger partial charge in [0.15, 0.2) is 6.29 Å². The number of aromatic nitrogens is 3. The van der Waals surface area contributed by atoms with Crippen molar-refractivity contribution in [3.05, 3.63) is 54.2 Å². The van der Waals surface area contributed by atoms with E-state index in [1.807, 2.05) is 33.7 Å². The van der Waals surface area contributed by atoms with Gasteiger partial charge in [0.05, 0.1) is 6.04 Å². The Morgan fingerprint density at radius 1 is 1.38 bits per heavy atom. The lowest BCUT2D eigenvalue weighted by Gasteiger charge is -2.23. The van der Waals surface area contributed by atoms with E-state index < -0.39 is 0 Å². The Labute approximate surface area is 139 Å². The fourth-order valence-electron chi connectivity index (χ4n) is 3.55. The number of fused-ring (bicyclic) bond motifs is 1. The van der Waals surface area contributed by atoms with Crippen LogP contribution in [0.2, 0.25) is 0 Å². The first-order valence-electron chi connectivity index (χ1n) is 8.09. The third-order valence-electron chi connectivity index (χ3n) is 4.66. The molecule has 0 aliphatic carbocycles. The molecule has 2 aromatic heterocycles. The molecule has 1 amide bonds. The highest BCUT2D eigenvalue weighted by Gasteiger charge is 2.31. The summed E-state index contributed by atoms with van der Waals surface area (Å²) in [5.74, 6) is 0.888. The fraction of sp³-hybridized carbons (Fsp3) is 0.278. The van der Waals surface area contributed by atoms with E-state index in [1.54, 1.807) is 18.6 Å². The van der Waals surface area contributed by atoms with Crippen LogP contribution in [0.5, 0.6) is 0 Å². The number of para-hydroxylation sites is 1. The number of carbonyl (C=O) groups excluding carboxylic acids is 2. The average Bonchev–Trinajstić information content (AvgIpc) is 3.34. The Morgan fingerprint density at radius 2 is 2.25 bits per heavy atom. The summed E-state index contributed by atoms with van der Waals surface area (Å²) in [7, 11) is 0. The van der Waals surface area contributed by atoms with Crippen molar-refractivity contribution < 1.29 is 9.59 Å². The molecule has 6 heteroatoms. The molecule has 1 unspecified atom stereocenters. The maximum absolute atomic E-state index is 12.8. The van der Waals surface area contributed by atoms with Gasteiger partial charge in [-0.2, -0.15) is 0 Å². The van der Waals surface area contributed by atoms with Gasteiger partial charge in [0.1, 0.15) is 12.4 Å². The maximum atomic E-state index is 12.8. The topological polar surface area (TPSA) is 71.0 Å². The van der Waals surface area contributed by atoms with Gasteiger partial charge in [-0.05, 0) is 18.9 Å². The second-order valence-electron chi connectivity index (χ2n) is 6.07. The van der Waals surface area contributed by atoms with E-state index in [2.05, 4.69) is 9.97 Å². The van der Waals surface area contributed by atoms with Crippen LogP contribution in [0.25, 0.3) is 10.9 Å².